The van der Waals surface area contributed by atoms with Gasteiger partial charge >= 0.3 is 0 Å². The summed E-state index contributed by atoms with van der Waals surface area (Å²) in [6.07, 6.45) is 3.29. The highest BCUT2D eigenvalue weighted by atomic mass is 19.1. The van der Waals surface area contributed by atoms with Crippen LogP contribution >= 0.6 is 0 Å². The topological polar surface area (TPSA) is 20.3 Å². The molecule has 1 fully saturated rings. The summed E-state index contributed by atoms with van der Waals surface area (Å²) in [4.78, 5) is 13.9. The number of hydrogen-bond donors (Lipinski definition) is 0. The summed E-state index contributed by atoms with van der Waals surface area (Å²) in [6, 6.07) is 15.6. The normalized spacial score (nSPS) is 18.3. The third-order valence-corrected chi connectivity index (χ3v) is 4.57. The van der Waals surface area contributed by atoms with Crippen LogP contribution in [0.15, 0.2) is 48.5 Å². The molecule has 0 saturated carbocycles. The highest BCUT2D eigenvalue weighted by Gasteiger charge is 2.25. The van der Waals surface area contributed by atoms with Crippen molar-refractivity contribution in [1.29, 1.82) is 0 Å². The number of hydrogen-bond acceptors (Lipinski definition) is 1. The predicted octanol–water partition coefficient (Wildman–Crippen LogP) is 4.32. The molecule has 120 valence electrons. The van der Waals surface area contributed by atoms with Gasteiger partial charge in [-0.2, -0.15) is 0 Å². The molecule has 1 aliphatic heterocycles. The maximum absolute atomic E-state index is 14.2. The SMILES string of the molecule is CC1CCCC(=O)N1Cc1cc(Cc2ccccc2)ccc1F. The van der Waals surface area contributed by atoms with Crippen LogP contribution in [0.1, 0.15) is 42.9 Å². The first-order valence-corrected chi connectivity index (χ1v) is 8.24. The smallest absolute Gasteiger partial charge is 0.223 e. The molecule has 2 nitrogen and oxygen atoms in total. The third kappa shape index (κ3) is 3.79. The van der Waals surface area contributed by atoms with Crippen molar-refractivity contribution in [3.63, 3.8) is 0 Å². The minimum Gasteiger partial charge on any atom is -0.336 e. The van der Waals surface area contributed by atoms with Crippen molar-refractivity contribution >= 4 is 5.91 Å². The molecule has 2 aromatic rings. The largest absolute Gasteiger partial charge is 0.336 e. The van der Waals surface area contributed by atoms with E-state index in [0.29, 0.717) is 18.5 Å². The van der Waals surface area contributed by atoms with E-state index < -0.39 is 0 Å². The second-order valence-electron chi connectivity index (χ2n) is 6.35. The second-order valence-corrected chi connectivity index (χ2v) is 6.35. The minimum absolute atomic E-state index is 0.136. The van der Waals surface area contributed by atoms with Gasteiger partial charge in [-0.3, -0.25) is 4.79 Å². The fourth-order valence-electron chi connectivity index (χ4n) is 3.21. The maximum atomic E-state index is 14.2. The first-order valence-electron chi connectivity index (χ1n) is 8.24. The summed E-state index contributed by atoms with van der Waals surface area (Å²) in [5, 5.41) is 0. The molecule has 1 amide bonds. The van der Waals surface area contributed by atoms with E-state index in [1.165, 1.54) is 11.6 Å². The summed E-state index contributed by atoms with van der Waals surface area (Å²) in [7, 11) is 0. The highest BCUT2D eigenvalue weighted by molar-refractivity contribution is 5.77. The van der Waals surface area contributed by atoms with E-state index in [9.17, 15) is 9.18 Å². The van der Waals surface area contributed by atoms with Crippen molar-refractivity contribution in [2.24, 2.45) is 0 Å². The summed E-state index contributed by atoms with van der Waals surface area (Å²) < 4.78 is 14.2. The molecule has 0 radical (unpaired) electrons. The lowest BCUT2D eigenvalue weighted by Gasteiger charge is -2.33. The molecule has 1 heterocycles. The van der Waals surface area contributed by atoms with Gasteiger partial charge in [0.05, 0.1) is 0 Å². The Morgan fingerprint density at radius 2 is 1.91 bits per heavy atom. The van der Waals surface area contributed by atoms with Crippen LogP contribution in [0.5, 0.6) is 0 Å². The number of rotatable bonds is 4. The number of amides is 1. The predicted molar refractivity (Wildman–Crippen MR) is 89.5 cm³/mol. The molecule has 0 aromatic heterocycles. The monoisotopic (exact) mass is 311 g/mol. The molecule has 1 atom stereocenters. The lowest BCUT2D eigenvalue weighted by atomic mass is 9.99. The molecule has 1 unspecified atom stereocenters. The fourth-order valence-corrected chi connectivity index (χ4v) is 3.21. The average molecular weight is 311 g/mol. The van der Waals surface area contributed by atoms with E-state index in [-0.39, 0.29) is 17.8 Å². The van der Waals surface area contributed by atoms with E-state index in [4.69, 9.17) is 0 Å². The van der Waals surface area contributed by atoms with Crippen LogP contribution in [0.3, 0.4) is 0 Å². The number of benzene rings is 2. The third-order valence-electron chi connectivity index (χ3n) is 4.57. The van der Waals surface area contributed by atoms with Gasteiger partial charge in [0.15, 0.2) is 0 Å². The van der Waals surface area contributed by atoms with Gasteiger partial charge in [-0.15, -0.1) is 0 Å². The summed E-state index contributed by atoms with van der Waals surface area (Å²) >= 11 is 0. The molecule has 1 saturated heterocycles. The standard InChI is InChI=1S/C20H22FNO/c1-15-6-5-9-20(23)22(15)14-18-13-17(10-11-19(18)21)12-16-7-3-2-4-8-16/h2-4,7-8,10-11,13,15H,5-6,9,12,14H2,1H3. The van der Waals surface area contributed by atoms with Crippen LogP contribution in [-0.2, 0) is 17.8 Å². The lowest BCUT2D eigenvalue weighted by Crippen LogP contribution is -2.41. The van der Waals surface area contributed by atoms with Crippen molar-refractivity contribution in [3.8, 4) is 0 Å². The molecule has 0 bridgehead atoms. The zero-order valence-corrected chi connectivity index (χ0v) is 13.5. The van der Waals surface area contributed by atoms with Crippen LogP contribution in [0.25, 0.3) is 0 Å². The van der Waals surface area contributed by atoms with Crippen LogP contribution < -0.4 is 0 Å². The van der Waals surface area contributed by atoms with Crippen LogP contribution in [0, 0.1) is 5.82 Å². The number of carbonyl (C=O) groups excluding carboxylic acids is 1. The van der Waals surface area contributed by atoms with Gasteiger partial charge in [0.2, 0.25) is 5.91 Å². The summed E-state index contributed by atoms with van der Waals surface area (Å²) in [5.41, 5.74) is 2.89. The van der Waals surface area contributed by atoms with Crippen LogP contribution in [-0.4, -0.2) is 16.8 Å². The van der Waals surface area contributed by atoms with E-state index in [0.717, 1.165) is 24.8 Å². The summed E-state index contributed by atoms with van der Waals surface area (Å²) in [6.45, 7) is 2.41. The minimum atomic E-state index is -0.229. The zero-order valence-electron chi connectivity index (χ0n) is 13.5. The van der Waals surface area contributed by atoms with Crippen LogP contribution in [0.4, 0.5) is 4.39 Å². The van der Waals surface area contributed by atoms with Gasteiger partial charge < -0.3 is 4.90 Å². The zero-order chi connectivity index (χ0) is 16.2. The molecule has 0 spiro atoms. The summed E-state index contributed by atoms with van der Waals surface area (Å²) in [5.74, 6) is -0.0935. The van der Waals surface area contributed by atoms with Crippen molar-refractivity contribution in [3.05, 3.63) is 71.0 Å². The van der Waals surface area contributed by atoms with Gasteiger partial charge in [-0.25, -0.2) is 4.39 Å². The number of halogens is 1. The van der Waals surface area contributed by atoms with Crippen molar-refractivity contribution in [1.82, 2.24) is 4.90 Å². The molecular weight excluding hydrogens is 289 g/mol. The Hall–Kier alpha value is -2.16. The molecule has 3 rings (SSSR count). The Bertz CT molecular complexity index is 683. The van der Waals surface area contributed by atoms with E-state index in [1.54, 1.807) is 0 Å². The van der Waals surface area contributed by atoms with Crippen molar-refractivity contribution in [2.75, 3.05) is 0 Å². The average Bonchev–Trinajstić information content (AvgIpc) is 2.55. The Balaban J connectivity index is 1.79. The van der Waals surface area contributed by atoms with E-state index >= 15 is 0 Å². The first kappa shape index (κ1) is 15.7. The van der Waals surface area contributed by atoms with Gasteiger partial charge in [0.1, 0.15) is 5.82 Å². The molecule has 0 aliphatic carbocycles. The number of likely N-dealkylation sites (tertiary alicyclic amines) is 1. The van der Waals surface area contributed by atoms with E-state index in [2.05, 4.69) is 12.1 Å². The first-order chi connectivity index (χ1) is 11.1. The number of nitrogens with zero attached hydrogens (tertiary/aromatic N) is 1. The van der Waals surface area contributed by atoms with Gasteiger partial charge in [0, 0.05) is 24.6 Å². The molecule has 23 heavy (non-hydrogen) atoms. The Morgan fingerprint density at radius 1 is 1.13 bits per heavy atom. The molecular formula is C20H22FNO. The Labute approximate surface area is 136 Å². The van der Waals surface area contributed by atoms with E-state index in [1.807, 2.05) is 42.2 Å². The molecule has 0 N–H and O–H groups in total. The second kappa shape index (κ2) is 6.95. The van der Waals surface area contributed by atoms with Crippen LogP contribution in [0.2, 0.25) is 0 Å². The Morgan fingerprint density at radius 3 is 2.65 bits per heavy atom. The number of piperidine rings is 1. The quantitative estimate of drug-likeness (QED) is 0.823. The number of carbonyl (C=O) groups is 1. The fraction of sp³-hybridized carbons (Fsp3) is 0.350. The maximum Gasteiger partial charge on any atom is 0.223 e. The van der Waals surface area contributed by atoms with Crippen molar-refractivity contribution in [2.45, 2.75) is 45.2 Å². The van der Waals surface area contributed by atoms with Crippen molar-refractivity contribution < 1.29 is 9.18 Å². The molecule has 3 heteroatoms. The van der Waals surface area contributed by atoms with Gasteiger partial charge in [-0.1, -0.05) is 42.5 Å². The highest BCUT2D eigenvalue weighted by Crippen LogP contribution is 2.22. The Kier molecular flexibility index (Phi) is 4.75. The van der Waals surface area contributed by atoms with Gasteiger partial charge in [0.25, 0.3) is 0 Å². The lowest BCUT2D eigenvalue weighted by molar-refractivity contribution is -0.136. The molecule has 1 aliphatic rings. The van der Waals surface area contributed by atoms with Gasteiger partial charge in [-0.05, 0) is 43.4 Å². The molecule has 2 aromatic carbocycles.